The summed E-state index contributed by atoms with van der Waals surface area (Å²) in [6, 6.07) is 0. The van der Waals surface area contributed by atoms with Crippen molar-refractivity contribution in [1.82, 2.24) is 4.90 Å². The van der Waals surface area contributed by atoms with Gasteiger partial charge in [0.2, 0.25) is 0 Å². The average molecular weight is 735 g/mol. The first-order valence-corrected chi connectivity index (χ1v) is 16.3. The maximum atomic E-state index is 10.4. The van der Waals surface area contributed by atoms with E-state index < -0.39 is 47.4 Å². The molecular formula is C5H23ClF6N2O18P6. The van der Waals surface area contributed by atoms with Crippen LogP contribution < -0.4 is 4.89 Å². The lowest BCUT2D eigenvalue weighted by atomic mass is 10.9. The molecule has 20 nitrogen and oxygen atoms in total. The van der Waals surface area contributed by atoms with Gasteiger partial charge in [0.05, 0.1) is 28.2 Å². The largest absolute Gasteiger partial charge is 0.753 e. The Labute approximate surface area is 213 Å². The summed E-state index contributed by atoms with van der Waals surface area (Å²) in [5, 5.41) is 0.741. The summed E-state index contributed by atoms with van der Waals surface area (Å²) in [6.07, 6.45) is 0. The van der Waals surface area contributed by atoms with E-state index in [4.69, 9.17) is 97.7 Å². The van der Waals surface area contributed by atoms with Crippen LogP contribution in [-0.4, -0.2) is 96.8 Å². The molecule has 0 aromatic rings. The predicted octanol–water partition coefficient (Wildman–Crippen LogP) is 0.0745. The lowest BCUT2D eigenvalue weighted by Gasteiger charge is -2.02. The SMILES string of the molecule is CN(C)C(Cl)=[N+](C)C.O=P(O)(O)F.O=P(O)(O)F.O=P(O)(O)F.O=P(O)(O)F.O=P(O)(O)F.O=P([O-])(O)F. The summed E-state index contributed by atoms with van der Waals surface area (Å²) in [4.78, 5) is 86.9. The highest BCUT2D eigenvalue weighted by Gasteiger charge is 2.06. The first-order chi connectivity index (χ1) is 15.6. The zero-order chi connectivity index (χ0) is 33.7. The molecule has 1 unspecified atom stereocenters. The summed E-state index contributed by atoms with van der Waals surface area (Å²) < 4.78 is 116. The molecule has 0 amide bonds. The first kappa shape index (κ1) is 54.3. The fourth-order valence-electron chi connectivity index (χ4n) is 0.400. The molecule has 0 aliphatic rings. The normalized spacial score (nSPS) is 12.4. The van der Waals surface area contributed by atoms with Crippen molar-refractivity contribution >= 4 is 64.3 Å². The van der Waals surface area contributed by atoms with Crippen molar-refractivity contribution in [3.63, 3.8) is 0 Å². The van der Waals surface area contributed by atoms with Crippen LogP contribution in [0.15, 0.2) is 0 Å². The summed E-state index contributed by atoms with van der Waals surface area (Å²) in [5.74, 6) is 0. The van der Waals surface area contributed by atoms with Gasteiger partial charge in [0, 0.05) is 11.6 Å². The smallest absolute Gasteiger partial charge is 0.507 e. The van der Waals surface area contributed by atoms with Crippen LogP contribution in [0.5, 0.6) is 0 Å². The quantitative estimate of drug-likeness (QED) is 0.0392. The fourth-order valence-corrected chi connectivity index (χ4v) is 0.400. The van der Waals surface area contributed by atoms with Gasteiger partial charge in [-0.1, -0.05) is 0 Å². The second-order valence-electron chi connectivity index (χ2n) is 4.87. The van der Waals surface area contributed by atoms with E-state index in [9.17, 15) is 25.2 Å². The summed E-state index contributed by atoms with van der Waals surface area (Å²) >= 11 is 5.72. The van der Waals surface area contributed by atoms with E-state index in [0.29, 0.717) is 0 Å². The average Bonchev–Trinajstić information content (AvgIpc) is 2.34. The molecule has 0 fully saturated rings. The van der Waals surface area contributed by atoms with E-state index in [2.05, 4.69) is 0 Å². The topological polar surface area (TPSA) is 354 Å². The summed E-state index contributed by atoms with van der Waals surface area (Å²) in [5.41, 5.74) is 0. The van der Waals surface area contributed by atoms with Gasteiger partial charge in [0.15, 0.2) is 0 Å². The van der Waals surface area contributed by atoms with E-state index in [0.717, 1.165) is 5.29 Å². The highest BCUT2D eigenvalue weighted by atomic mass is 35.5. The van der Waals surface area contributed by atoms with Crippen molar-refractivity contribution in [2.75, 3.05) is 28.2 Å². The second-order valence-corrected chi connectivity index (χ2v) is 10.8. The minimum Gasteiger partial charge on any atom is -0.753 e. The van der Waals surface area contributed by atoms with Crippen molar-refractivity contribution in [3.05, 3.63) is 0 Å². The van der Waals surface area contributed by atoms with Gasteiger partial charge in [-0.05, 0) is 0 Å². The van der Waals surface area contributed by atoms with Crippen LogP contribution >= 0.6 is 59.0 Å². The molecule has 1 atom stereocenters. The molecular weight excluding hydrogens is 711 g/mol. The Balaban J connectivity index is -0.0000000596. The lowest BCUT2D eigenvalue weighted by Crippen LogP contribution is -2.24. The number of rotatable bonds is 0. The maximum absolute atomic E-state index is 10.4. The summed E-state index contributed by atoms with van der Waals surface area (Å²) in [6.45, 7) is 0. The molecule has 38 heavy (non-hydrogen) atoms. The van der Waals surface area contributed by atoms with Gasteiger partial charge in [-0.25, -0.2) is 22.8 Å². The van der Waals surface area contributed by atoms with Crippen molar-refractivity contribution in [2.45, 2.75) is 0 Å². The summed E-state index contributed by atoms with van der Waals surface area (Å²) in [7, 11) is -23.5. The number of amidine groups is 1. The Morgan fingerprint density at radius 1 is 0.579 bits per heavy atom. The third-order valence-electron chi connectivity index (χ3n) is 0.738. The molecule has 0 saturated carbocycles. The van der Waals surface area contributed by atoms with Crippen LogP contribution in [0, 0.1) is 0 Å². The van der Waals surface area contributed by atoms with Gasteiger partial charge in [-0.3, -0.25) is 63.0 Å². The first-order valence-electron chi connectivity index (χ1n) is 6.92. The van der Waals surface area contributed by atoms with Crippen LogP contribution in [0.3, 0.4) is 0 Å². The molecule has 0 aliphatic heterocycles. The van der Waals surface area contributed by atoms with E-state index in [1.54, 1.807) is 0 Å². The number of nitrogens with zero attached hydrogens (tertiary/aromatic N) is 2. The molecule has 0 rings (SSSR count). The molecule has 0 aliphatic carbocycles. The lowest BCUT2D eigenvalue weighted by molar-refractivity contribution is -0.466. The Morgan fingerprint density at radius 2 is 0.658 bits per heavy atom. The highest BCUT2D eigenvalue weighted by molar-refractivity contribution is 7.46. The van der Waals surface area contributed by atoms with Crippen LogP contribution in [0.1, 0.15) is 0 Å². The zero-order valence-electron chi connectivity index (χ0n) is 18.5. The van der Waals surface area contributed by atoms with Gasteiger partial charge >= 0.3 is 52.7 Å². The molecule has 0 aromatic heterocycles. The van der Waals surface area contributed by atoms with Gasteiger partial charge in [-0.2, -0.15) is 4.20 Å². The molecule has 0 saturated heterocycles. The van der Waals surface area contributed by atoms with Gasteiger partial charge in [0.1, 0.15) is 0 Å². The molecule has 33 heteroatoms. The minimum absolute atomic E-state index is 0.741. The molecule has 0 bridgehead atoms. The fraction of sp³-hybridized carbons (Fsp3) is 0.800. The highest BCUT2D eigenvalue weighted by Crippen LogP contribution is 2.36. The monoisotopic (exact) mass is 734 g/mol. The van der Waals surface area contributed by atoms with Crippen LogP contribution in [-0.2, 0) is 27.4 Å². The standard InChI is InChI=1S/C5H12ClN2.6FH2O3P/c1-7(2)5(6)8(3)4;6*1-5(2,3)4/h1-4H3;6*(H2,2,3,4)/q+1;;;;;;/p-1. The van der Waals surface area contributed by atoms with Crippen LogP contribution in [0.4, 0.5) is 25.2 Å². The molecule has 240 valence electrons. The van der Waals surface area contributed by atoms with Crippen molar-refractivity contribution in [2.24, 2.45) is 0 Å². The Hall–Kier alpha value is 0.240. The minimum atomic E-state index is -5.39. The van der Waals surface area contributed by atoms with E-state index in [1.165, 1.54) is 0 Å². The van der Waals surface area contributed by atoms with Gasteiger partial charge in [0.25, 0.3) is 0 Å². The predicted molar refractivity (Wildman–Crippen MR) is 113 cm³/mol. The third kappa shape index (κ3) is 663. The van der Waals surface area contributed by atoms with E-state index >= 15 is 0 Å². The van der Waals surface area contributed by atoms with Gasteiger partial charge in [-0.15, -0.1) is 21.0 Å². The Bertz CT molecular complexity index is 708. The molecule has 0 heterocycles. The molecule has 0 aromatic carbocycles. The Kier molecular flexibility index (Phi) is 34.2. The zero-order valence-corrected chi connectivity index (χ0v) is 24.6. The maximum Gasteiger partial charge on any atom is 0.507 e. The third-order valence-corrected chi connectivity index (χ3v) is 1.41. The van der Waals surface area contributed by atoms with Crippen LogP contribution in [0.25, 0.3) is 0 Å². The van der Waals surface area contributed by atoms with Gasteiger partial charge < -0.3 is 9.79 Å². The number of hydrogen-bond donors (Lipinski definition) is 11. The van der Waals surface area contributed by atoms with Crippen molar-refractivity contribution < 1.29 is 116 Å². The number of hydrogen-bond acceptors (Lipinski definition) is 7. The van der Waals surface area contributed by atoms with E-state index in [1.807, 2.05) is 37.7 Å². The molecule has 0 radical (unpaired) electrons. The second kappa shape index (κ2) is 23.9. The number of halogens is 7. The van der Waals surface area contributed by atoms with Crippen molar-refractivity contribution in [3.8, 4) is 0 Å². The van der Waals surface area contributed by atoms with Crippen LogP contribution in [0.2, 0.25) is 0 Å². The molecule has 0 spiro atoms. The Morgan fingerprint density at radius 3 is 0.658 bits per heavy atom. The molecule has 11 N–H and O–H groups in total. The van der Waals surface area contributed by atoms with Crippen molar-refractivity contribution in [1.29, 1.82) is 0 Å². The van der Waals surface area contributed by atoms with E-state index in [-0.39, 0.29) is 0 Å².